The average Bonchev–Trinajstić information content (AvgIpc) is 3.09. The van der Waals surface area contributed by atoms with E-state index < -0.39 is 11.9 Å². The zero-order valence-electron chi connectivity index (χ0n) is 14.4. The Kier molecular flexibility index (Phi) is 6.30. The zero-order chi connectivity index (χ0) is 20.7. The second-order valence-corrected chi connectivity index (χ2v) is 5.35. The van der Waals surface area contributed by atoms with Gasteiger partial charge in [0.05, 0.1) is 23.0 Å². The molecule has 10 heteroatoms. The van der Waals surface area contributed by atoms with Crippen molar-refractivity contribution in [3.8, 4) is 11.8 Å². The molecule has 142 valence electrons. The van der Waals surface area contributed by atoms with Gasteiger partial charge >= 0.3 is 11.9 Å². The molecule has 2 aromatic carbocycles. The summed E-state index contributed by atoms with van der Waals surface area (Å²) >= 11 is 0. The summed E-state index contributed by atoms with van der Waals surface area (Å²) in [7, 11) is 0. The number of hydrazine groups is 1. The number of hydrogen-bond acceptors (Lipinski definition) is 7. The lowest BCUT2D eigenvalue weighted by molar-refractivity contribution is 0.0686. The van der Waals surface area contributed by atoms with E-state index >= 15 is 0 Å². The minimum atomic E-state index is -1.03. The number of carboxylic acids is 2. The third-order valence-electron chi connectivity index (χ3n) is 3.54. The van der Waals surface area contributed by atoms with Crippen LogP contribution in [0.1, 0.15) is 26.3 Å². The Balaban J connectivity index is 0.000000221. The largest absolute Gasteiger partial charge is 0.478 e. The van der Waals surface area contributed by atoms with Gasteiger partial charge in [-0.05, 0) is 36.4 Å². The molecule has 10 nitrogen and oxygen atoms in total. The van der Waals surface area contributed by atoms with E-state index in [9.17, 15) is 9.59 Å². The fourth-order valence-corrected chi connectivity index (χ4v) is 2.16. The Morgan fingerprint density at radius 3 is 2.21 bits per heavy atom. The highest BCUT2D eigenvalue weighted by Gasteiger charge is 2.10. The first-order valence-electron chi connectivity index (χ1n) is 7.74. The number of nitrogens with one attached hydrogen (secondary N) is 1. The molecule has 3 aromatic rings. The van der Waals surface area contributed by atoms with Crippen LogP contribution in [0.3, 0.4) is 0 Å². The number of nitrogens with two attached hydrogens (primary N) is 2. The van der Waals surface area contributed by atoms with Crippen LogP contribution in [0, 0.1) is 11.3 Å². The highest BCUT2D eigenvalue weighted by molar-refractivity contribution is 5.89. The van der Waals surface area contributed by atoms with Crippen LogP contribution < -0.4 is 17.0 Å². The van der Waals surface area contributed by atoms with Crippen LogP contribution in [-0.4, -0.2) is 31.9 Å². The molecule has 0 saturated heterocycles. The third kappa shape index (κ3) is 4.63. The minimum Gasteiger partial charge on any atom is -0.478 e. The monoisotopic (exact) mass is 380 g/mol. The van der Waals surface area contributed by atoms with Crippen LogP contribution in [0.4, 0.5) is 11.5 Å². The van der Waals surface area contributed by atoms with Crippen LogP contribution in [0.15, 0.2) is 54.7 Å². The lowest BCUT2D eigenvalue weighted by Gasteiger charge is -2.04. The molecular weight excluding hydrogens is 364 g/mol. The second-order valence-electron chi connectivity index (χ2n) is 5.35. The maximum absolute atomic E-state index is 10.8. The summed E-state index contributed by atoms with van der Waals surface area (Å²) in [6.45, 7) is 0. The number of carbonyl (C=O) groups is 2. The summed E-state index contributed by atoms with van der Waals surface area (Å²) in [6, 6.07) is 14.3. The molecule has 0 bridgehead atoms. The highest BCUT2D eigenvalue weighted by Crippen LogP contribution is 2.17. The molecule has 0 aliphatic rings. The maximum Gasteiger partial charge on any atom is 0.335 e. The van der Waals surface area contributed by atoms with E-state index in [-0.39, 0.29) is 22.5 Å². The lowest BCUT2D eigenvalue weighted by Crippen LogP contribution is -2.07. The summed E-state index contributed by atoms with van der Waals surface area (Å²) < 4.78 is 1.32. The summed E-state index contributed by atoms with van der Waals surface area (Å²) in [5.74, 6) is 3.28. The molecule has 0 atom stereocenters. The smallest absolute Gasteiger partial charge is 0.335 e. The first-order chi connectivity index (χ1) is 13.4. The van der Waals surface area contributed by atoms with E-state index in [0.717, 1.165) is 0 Å². The topological polar surface area (TPSA) is 180 Å². The molecule has 28 heavy (non-hydrogen) atoms. The van der Waals surface area contributed by atoms with Crippen molar-refractivity contribution in [3.05, 3.63) is 71.4 Å². The Morgan fingerprint density at radius 2 is 1.68 bits per heavy atom. The van der Waals surface area contributed by atoms with Gasteiger partial charge in [0.15, 0.2) is 0 Å². The Labute approximate surface area is 159 Å². The molecule has 0 amide bonds. The Hall–Kier alpha value is -4.36. The number of aromatic carboxylic acids is 2. The number of nitrogens with zero attached hydrogens (tertiary/aromatic N) is 3. The molecule has 1 aromatic heterocycles. The third-order valence-corrected chi connectivity index (χ3v) is 3.54. The van der Waals surface area contributed by atoms with E-state index in [1.54, 1.807) is 24.3 Å². The van der Waals surface area contributed by atoms with Crippen LogP contribution >= 0.6 is 0 Å². The second kappa shape index (κ2) is 8.84. The van der Waals surface area contributed by atoms with Gasteiger partial charge in [0.25, 0.3) is 0 Å². The van der Waals surface area contributed by atoms with Crippen LogP contribution in [0.25, 0.3) is 5.69 Å². The highest BCUT2D eigenvalue weighted by atomic mass is 16.4. The first kappa shape index (κ1) is 20.0. The quantitative estimate of drug-likeness (QED) is 0.332. The van der Waals surface area contributed by atoms with Gasteiger partial charge in [-0.25, -0.2) is 14.3 Å². The van der Waals surface area contributed by atoms with Gasteiger partial charge < -0.3 is 21.4 Å². The summed E-state index contributed by atoms with van der Waals surface area (Å²) in [6.07, 6.45) is 1.34. The van der Waals surface area contributed by atoms with Crippen molar-refractivity contribution in [1.29, 1.82) is 5.26 Å². The molecule has 3 rings (SSSR count). The minimum absolute atomic E-state index is 0.135. The predicted molar refractivity (Wildman–Crippen MR) is 101 cm³/mol. The number of nitriles is 1. The van der Waals surface area contributed by atoms with Crippen LogP contribution in [0.2, 0.25) is 0 Å². The number of rotatable bonds is 4. The standard InChI is InChI=1S/C11H8N4O2.C7H8N2O2/c12-5-8-6-14-15(10(8)13)9-3-1-2-7(4-9)11(16)17;8-9-6-3-1-2-5(4-6)7(10)11/h1-4,6H,13H2,(H,16,17);1-4,9H,8H2,(H,10,11). The van der Waals surface area contributed by atoms with Crippen molar-refractivity contribution >= 4 is 23.4 Å². The van der Waals surface area contributed by atoms with E-state index in [4.69, 9.17) is 27.1 Å². The molecule has 0 saturated carbocycles. The lowest BCUT2D eigenvalue weighted by atomic mass is 10.2. The van der Waals surface area contributed by atoms with Gasteiger partial charge in [0.1, 0.15) is 17.5 Å². The molecule has 0 fully saturated rings. The van der Waals surface area contributed by atoms with E-state index in [1.807, 2.05) is 6.07 Å². The van der Waals surface area contributed by atoms with E-state index in [0.29, 0.717) is 11.4 Å². The van der Waals surface area contributed by atoms with Crippen molar-refractivity contribution in [1.82, 2.24) is 9.78 Å². The SMILES string of the molecule is N#Cc1cnn(-c2cccc(C(=O)O)c2)c1N.NNc1cccc(C(=O)O)c1. The summed E-state index contributed by atoms with van der Waals surface area (Å²) in [5.41, 5.74) is 9.77. The number of anilines is 2. The Morgan fingerprint density at radius 1 is 1.07 bits per heavy atom. The van der Waals surface area contributed by atoms with Crippen molar-refractivity contribution in [3.63, 3.8) is 0 Å². The van der Waals surface area contributed by atoms with Gasteiger partial charge in [-0.15, -0.1) is 0 Å². The van der Waals surface area contributed by atoms with Crippen LogP contribution in [-0.2, 0) is 0 Å². The number of aromatic nitrogens is 2. The summed E-state index contributed by atoms with van der Waals surface area (Å²) in [4.78, 5) is 21.2. The zero-order valence-corrected chi connectivity index (χ0v) is 14.4. The van der Waals surface area contributed by atoms with E-state index in [2.05, 4.69) is 10.5 Å². The fraction of sp³-hybridized carbons (Fsp3) is 0. The number of benzene rings is 2. The first-order valence-corrected chi connectivity index (χ1v) is 7.74. The maximum atomic E-state index is 10.8. The van der Waals surface area contributed by atoms with Gasteiger partial charge in [-0.2, -0.15) is 10.4 Å². The van der Waals surface area contributed by atoms with Crippen molar-refractivity contribution in [2.45, 2.75) is 0 Å². The molecule has 0 unspecified atom stereocenters. The Bertz CT molecular complexity index is 1050. The van der Waals surface area contributed by atoms with Gasteiger partial charge in [-0.1, -0.05) is 12.1 Å². The van der Waals surface area contributed by atoms with Crippen molar-refractivity contribution < 1.29 is 19.8 Å². The number of hydrogen-bond donors (Lipinski definition) is 5. The normalized spacial score (nSPS) is 9.57. The summed E-state index contributed by atoms with van der Waals surface area (Å²) in [5, 5.41) is 30.1. The molecule has 0 spiro atoms. The number of carboxylic acid groups (broad SMARTS) is 2. The molecule has 0 aliphatic heterocycles. The van der Waals surface area contributed by atoms with Crippen molar-refractivity contribution in [2.75, 3.05) is 11.2 Å². The number of nitrogen functional groups attached to an aromatic ring is 2. The molecular formula is C18H16N6O4. The fourth-order valence-electron chi connectivity index (χ4n) is 2.16. The van der Waals surface area contributed by atoms with Crippen molar-refractivity contribution in [2.24, 2.45) is 5.84 Å². The predicted octanol–water partition coefficient (Wildman–Crippen LogP) is 1.69. The molecule has 0 aliphatic carbocycles. The average molecular weight is 380 g/mol. The van der Waals surface area contributed by atoms with Gasteiger partial charge in [0, 0.05) is 5.69 Å². The molecule has 1 heterocycles. The van der Waals surface area contributed by atoms with Crippen LogP contribution in [0.5, 0.6) is 0 Å². The molecule has 7 N–H and O–H groups in total. The molecule has 0 radical (unpaired) electrons. The van der Waals surface area contributed by atoms with Gasteiger partial charge in [-0.3, -0.25) is 5.84 Å². The van der Waals surface area contributed by atoms with Gasteiger partial charge in [0.2, 0.25) is 0 Å². The van der Waals surface area contributed by atoms with E-state index in [1.165, 1.54) is 35.1 Å².